The standard InChI is InChI=1S/C12H14N4O2/c1-3-5-17-9-15-11-7-12(14-8-13-11)16-10-18-6-4-2/h3-10H,1-2H3/b5-3-,6-4-,15-9+,16-10+. The van der Waals surface area contributed by atoms with Crippen molar-refractivity contribution in [1.82, 2.24) is 9.97 Å². The van der Waals surface area contributed by atoms with Gasteiger partial charge in [-0.15, -0.1) is 0 Å². The van der Waals surface area contributed by atoms with Gasteiger partial charge in [-0.25, -0.2) is 20.0 Å². The Balaban J connectivity index is 2.61. The minimum absolute atomic E-state index is 0.452. The Kier molecular flexibility index (Phi) is 6.50. The molecule has 0 aliphatic heterocycles. The van der Waals surface area contributed by atoms with Crippen LogP contribution in [0.3, 0.4) is 0 Å². The van der Waals surface area contributed by atoms with Gasteiger partial charge in [-0.2, -0.15) is 0 Å². The second-order valence-corrected chi connectivity index (χ2v) is 2.91. The van der Waals surface area contributed by atoms with E-state index in [2.05, 4.69) is 20.0 Å². The predicted octanol–water partition coefficient (Wildman–Crippen LogP) is 2.90. The fraction of sp³-hybridized carbons (Fsp3) is 0.167. The van der Waals surface area contributed by atoms with Gasteiger partial charge in [0.1, 0.15) is 6.33 Å². The van der Waals surface area contributed by atoms with Gasteiger partial charge in [0, 0.05) is 6.07 Å². The molecule has 94 valence electrons. The molecular weight excluding hydrogens is 232 g/mol. The average molecular weight is 246 g/mol. The third-order valence-corrected chi connectivity index (χ3v) is 1.56. The van der Waals surface area contributed by atoms with Gasteiger partial charge in [0.25, 0.3) is 0 Å². The molecule has 1 rings (SSSR count). The third-order valence-electron chi connectivity index (χ3n) is 1.56. The van der Waals surface area contributed by atoms with E-state index in [0.717, 1.165) is 0 Å². The molecule has 0 atom stereocenters. The number of aliphatic imine (C=N–C) groups is 2. The van der Waals surface area contributed by atoms with Gasteiger partial charge >= 0.3 is 0 Å². The lowest BCUT2D eigenvalue weighted by Crippen LogP contribution is -1.82. The normalized spacial score (nSPS) is 12.1. The van der Waals surface area contributed by atoms with Crippen LogP contribution >= 0.6 is 0 Å². The molecule has 0 unspecified atom stereocenters. The fourth-order valence-electron chi connectivity index (χ4n) is 0.875. The summed E-state index contributed by atoms with van der Waals surface area (Å²) in [5.41, 5.74) is 0. The van der Waals surface area contributed by atoms with Crippen LogP contribution in [0.5, 0.6) is 0 Å². The lowest BCUT2D eigenvalue weighted by Gasteiger charge is -1.94. The zero-order chi connectivity index (χ0) is 13.1. The summed E-state index contributed by atoms with van der Waals surface area (Å²) < 4.78 is 9.87. The molecule has 1 aromatic rings. The van der Waals surface area contributed by atoms with Crippen molar-refractivity contribution in [3.05, 3.63) is 37.1 Å². The first-order valence-electron chi connectivity index (χ1n) is 5.27. The minimum Gasteiger partial charge on any atom is -0.454 e. The molecule has 0 aliphatic carbocycles. The van der Waals surface area contributed by atoms with Gasteiger partial charge in [-0.3, -0.25) is 0 Å². The highest BCUT2D eigenvalue weighted by atomic mass is 16.5. The molecule has 0 bridgehead atoms. The highest BCUT2D eigenvalue weighted by Crippen LogP contribution is 2.13. The third kappa shape index (κ3) is 5.55. The van der Waals surface area contributed by atoms with Gasteiger partial charge in [0.05, 0.1) is 12.5 Å². The van der Waals surface area contributed by atoms with Crippen LogP contribution in [0.15, 0.2) is 47.1 Å². The summed E-state index contributed by atoms with van der Waals surface area (Å²) in [5, 5.41) is 0. The van der Waals surface area contributed by atoms with Crippen molar-refractivity contribution in [2.24, 2.45) is 9.98 Å². The van der Waals surface area contributed by atoms with Crippen molar-refractivity contribution >= 4 is 24.4 Å². The monoisotopic (exact) mass is 246 g/mol. The summed E-state index contributed by atoms with van der Waals surface area (Å²) in [7, 11) is 0. The number of nitrogens with zero attached hydrogens (tertiary/aromatic N) is 4. The van der Waals surface area contributed by atoms with Gasteiger partial charge in [-0.1, -0.05) is 12.2 Å². The van der Waals surface area contributed by atoms with Gasteiger partial charge in [0.15, 0.2) is 24.4 Å². The van der Waals surface area contributed by atoms with Crippen LogP contribution in [0.1, 0.15) is 13.8 Å². The summed E-state index contributed by atoms with van der Waals surface area (Å²) in [6, 6.07) is 1.60. The Morgan fingerprint density at radius 1 is 0.944 bits per heavy atom. The van der Waals surface area contributed by atoms with Crippen molar-refractivity contribution in [3.8, 4) is 0 Å². The zero-order valence-corrected chi connectivity index (χ0v) is 10.2. The highest BCUT2D eigenvalue weighted by molar-refractivity contribution is 5.58. The molecule has 0 saturated carbocycles. The molecule has 0 N–H and O–H groups in total. The Bertz CT molecular complexity index is 428. The van der Waals surface area contributed by atoms with E-state index < -0.39 is 0 Å². The Morgan fingerprint density at radius 2 is 1.44 bits per heavy atom. The van der Waals surface area contributed by atoms with Crippen LogP contribution in [-0.2, 0) is 9.47 Å². The van der Waals surface area contributed by atoms with E-state index in [4.69, 9.17) is 9.47 Å². The van der Waals surface area contributed by atoms with E-state index in [0.29, 0.717) is 11.6 Å². The molecule has 6 heteroatoms. The Morgan fingerprint density at radius 3 is 1.89 bits per heavy atom. The molecule has 6 nitrogen and oxygen atoms in total. The van der Waals surface area contributed by atoms with E-state index in [1.807, 2.05) is 13.8 Å². The second kappa shape index (κ2) is 8.63. The quantitative estimate of drug-likeness (QED) is 0.439. The van der Waals surface area contributed by atoms with Gasteiger partial charge < -0.3 is 9.47 Å². The topological polar surface area (TPSA) is 69.0 Å². The van der Waals surface area contributed by atoms with Crippen LogP contribution in [0.4, 0.5) is 11.6 Å². The van der Waals surface area contributed by atoms with Crippen molar-refractivity contribution in [1.29, 1.82) is 0 Å². The SMILES string of the molecule is C/C=C\O/C=N/c1cc(/N=C/O/C=C\C)ncn1. The predicted molar refractivity (Wildman–Crippen MR) is 70.1 cm³/mol. The van der Waals surface area contributed by atoms with Crippen LogP contribution in [-0.4, -0.2) is 22.8 Å². The van der Waals surface area contributed by atoms with Crippen molar-refractivity contribution in [2.45, 2.75) is 13.8 Å². The maximum absolute atomic E-state index is 4.93. The molecule has 1 heterocycles. The van der Waals surface area contributed by atoms with Crippen LogP contribution < -0.4 is 0 Å². The van der Waals surface area contributed by atoms with E-state index in [1.54, 1.807) is 18.2 Å². The maximum atomic E-state index is 4.93. The smallest absolute Gasteiger partial charge is 0.182 e. The highest BCUT2D eigenvalue weighted by Gasteiger charge is 1.93. The van der Waals surface area contributed by atoms with Crippen LogP contribution in [0, 0.1) is 0 Å². The molecule has 1 aromatic heterocycles. The maximum Gasteiger partial charge on any atom is 0.182 e. The molecule has 0 amide bonds. The summed E-state index contributed by atoms with van der Waals surface area (Å²) in [6.07, 6.45) is 10.5. The summed E-state index contributed by atoms with van der Waals surface area (Å²) in [4.78, 5) is 15.8. The number of ether oxygens (including phenoxy) is 2. The molecule has 0 spiro atoms. The van der Waals surface area contributed by atoms with Crippen molar-refractivity contribution in [2.75, 3.05) is 0 Å². The van der Waals surface area contributed by atoms with E-state index >= 15 is 0 Å². The Labute approximate surface area is 105 Å². The van der Waals surface area contributed by atoms with Crippen molar-refractivity contribution < 1.29 is 9.47 Å². The first-order valence-corrected chi connectivity index (χ1v) is 5.27. The van der Waals surface area contributed by atoms with E-state index in [-0.39, 0.29) is 0 Å². The molecule has 0 radical (unpaired) electrons. The summed E-state index contributed by atoms with van der Waals surface area (Å²) in [6.45, 7) is 3.69. The summed E-state index contributed by atoms with van der Waals surface area (Å²) >= 11 is 0. The molecular formula is C12H14N4O2. The fourth-order valence-corrected chi connectivity index (χ4v) is 0.875. The second-order valence-electron chi connectivity index (χ2n) is 2.91. The first kappa shape index (κ1) is 13.6. The number of hydrogen-bond acceptors (Lipinski definition) is 6. The van der Waals surface area contributed by atoms with Crippen molar-refractivity contribution in [3.63, 3.8) is 0 Å². The van der Waals surface area contributed by atoms with Gasteiger partial charge in [-0.05, 0) is 13.8 Å². The Hall–Kier alpha value is -2.50. The molecule has 0 saturated heterocycles. The molecule has 0 fully saturated rings. The number of rotatable bonds is 6. The molecule has 0 aromatic carbocycles. The van der Waals surface area contributed by atoms with E-state index in [9.17, 15) is 0 Å². The minimum atomic E-state index is 0.452. The molecule has 0 aliphatic rings. The lowest BCUT2D eigenvalue weighted by molar-refractivity contribution is 0.493. The van der Waals surface area contributed by atoms with E-state index in [1.165, 1.54) is 31.7 Å². The number of aromatic nitrogens is 2. The number of hydrogen-bond donors (Lipinski definition) is 0. The van der Waals surface area contributed by atoms with Crippen LogP contribution in [0.25, 0.3) is 0 Å². The lowest BCUT2D eigenvalue weighted by atomic mass is 10.5. The zero-order valence-electron chi connectivity index (χ0n) is 10.2. The first-order chi connectivity index (χ1) is 8.86. The average Bonchev–Trinajstić information content (AvgIpc) is 2.40. The number of allylic oxidation sites excluding steroid dienone is 2. The van der Waals surface area contributed by atoms with Gasteiger partial charge in [0.2, 0.25) is 0 Å². The summed E-state index contributed by atoms with van der Waals surface area (Å²) in [5.74, 6) is 0.903. The largest absolute Gasteiger partial charge is 0.454 e. The van der Waals surface area contributed by atoms with Crippen LogP contribution in [0.2, 0.25) is 0 Å². The molecule has 18 heavy (non-hydrogen) atoms.